The summed E-state index contributed by atoms with van der Waals surface area (Å²) in [7, 11) is 3.56. The van der Waals surface area contributed by atoms with Crippen LogP contribution in [0.15, 0.2) is 41.0 Å². The molecular weight excluding hydrogens is 489 g/mol. The van der Waals surface area contributed by atoms with Gasteiger partial charge in [0.2, 0.25) is 5.89 Å². The third-order valence-electron chi connectivity index (χ3n) is 7.01. The Balaban J connectivity index is 1.49. The predicted molar refractivity (Wildman–Crippen MR) is 140 cm³/mol. The zero-order valence-corrected chi connectivity index (χ0v) is 21.4. The first-order chi connectivity index (χ1) is 18.4. The Morgan fingerprint density at radius 1 is 1.24 bits per heavy atom. The molecule has 4 aromatic heterocycles. The maximum Gasteiger partial charge on any atom is 0.255 e. The molecule has 5 heterocycles. The second-order valence-electron chi connectivity index (χ2n) is 9.63. The number of hydrogen-bond acceptors (Lipinski definition) is 7. The van der Waals surface area contributed by atoms with E-state index in [1.807, 2.05) is 36.7 Å². The first-order valence-corrected chi connectivity index (χ1v) is 12.4. The zero-order chi connectivity index (χ0) is 26.6. The van der Waals surface area contributed by atoms with Crippen LogP contribution in [0.2, 0.25) is 0 Å². The van der Waals surface area contributed by atoms with Crippen molar-refractivity contribution >= 4 is 28.0 Å². The lowest BCUT2D eigenvalue weighted by molar-refractivity contribution is 0.0723. The van der Waals surface area contributed by atoms with E-state index in [4.69, 9.17) is 24.9 Å². The van der Waals surface area contributed by atoms with Crippen molar-refractivity contribution in [3.63, 3.8) is 0 Å². The summed E-state index contributed by atoms with van der Waals surface area (Å²) in [5.41, 5.74) is 10.8. The molecule has 0 bridgehead atoms. The van der Waals surface area contributed by atoms with Crippen LogP contribution >= 0.6 is 0 Å². The number of aromatic nitrogens is 5. The van der Waals surface area contributed by atoms with Gasteiger partial charge < -0.3 is 28.9 Å². The molecule has 196 valence electrons. The summed E-state index contributed by atoms with van der Waals surface area (Å²) in [5.74, 6) is 1.77. The normalized spacial score (nSPS) is 14.4. The molecule has 2 N–H and O–H groups in total. The number of pyridine rings is 1. The minimum absolute atomic E-state index is 0.169. The Bertz CT molecular complexity index is 1690. The van der Waals surface area contributed by atoms with Crippen LogP contribution in [0.3, 0.4) is 0 Å². The largest absolute Gasteiger partial charge is 0.495 e. The van der Waals surface area contributed by atoms with Gasteiger partial charge in [0.1, 0.15) is 24.2 Å². The molecule has 1 atom stereocenters. The maximum atomic E-state index is 13.2. The highest BCUT2D eigenvalue weighted by atomic mass is 19.1. The number of halogens is 1. The molecule has 1 amide bonds. The Hall–Kier alpha value is -4.25. The molecule has 0 saturated carbocycles. The first-order valence-electron chi connectivity index (χ1n) is 12.4. The van der Waals surface area contributed by atoms with E-state index >= 15 is 0 Å². The van der Waals surface area contributed by atoms with E-state index in [0.29, 0.717) is 53.6 Å². The number of nitrogens with zero attached hydrogens (tertiary/aromatic N) is 6. The molecule has 38 heavy (non-hydrogen) atoms. The monoisotopic (exact) mass is 517 g/mol. The van der Waals surface area contributed by atoms with Gasteiger partial charge >= 0.3 is 0 Å². The van der Waals surface area contributed by atoms with Gasteiger partial charge in [0.15, 0.2) is 11.5 Å². The first kappa shape index (κ1) is 24.1. The average molecular weight is 518 g/mol. The molecular formula is C27H28FN7O3. The number of amides is 1. The molecule has 0 spiro atoms. The van der Waals surface area contributed by atoms with Crippen LogP contribution in [0.1, 0.15) is 27.6 Å². The zero-order valence-electron chi connectivity index (χ0n) is 21.4. The van der Waals surface area contributed by atoms with E-state index in [-0.39, 0.29) is 12.5 Å². The number of rotatable bonds is 7. The van der Waals surface area contributed by atoms with Crippen LogP contribution in [0.4, 0.5) is 4.39 Å². The second kappa shape index (κ2) is 9.25. The number of carbonyl (C=O) groups excluding carboxylic acids is 1. The van der Waals surface area contributed by atoms with Crippen LogP contribution in [-0.2, 0) is 20.0 Å². The molecule has 0 unspecified atom stereocenters. The number of imidazole rings is 1. The van der Waals surface area contributed by atoms with Crippen molar-refractivity contribution in [3.05, 3.63) is 59.4 Å². The molecule has 11 heteroatoms. The summed E-state index contributed by atoms with van der Waals surface area (Å²) < 4.78 is 28.3. The van der Waals surface area contributed by atoms with Gasteiger partial charge in [-0.3, -0.25) is 4.79 Å². The highest BCUT2D eigenvalue weighted by Crippen LogP contribution is 2.35. The molecule has 0 fully saturated rings. The van der Waals surface area contributed by atoms with E-state index in [0.717, 1.165) is 28.0 Å². The van der Waals surface area contributed by atoms with Crippen LogP contribution in [0.5, 0.6) is 5.75 Å². The van der Waals surface area contributed by atoms with Gasteiger partial charge in [0.25, 0.3) is 5.91 Å². The Kier molecular flexibility index (Phi) is 5.87. The lowest BCUT2D eigenvalue weighted by Gasteiger charge is -2.29. The van der Waals surface area contributed by atoms with Crippen molar-refractivity contribution in [1.82, 2.24) is 29.0 Å². The Morgan fingerprint density at radius 2 is 2.08 bits per heavy atom. The van der Waals surface area contributed by atoms with Crippen molar-refractivity contribution in [1.29, 1.82) is 0 Å². The molecule has 0 saturated heterocycles. The fraction of sp³-hybridized carbons (Fsp3) is 0.333. The molecule has 0 radical (unpaired) electrons. The minimum Gasteiger partial charge on any atom is -0.495 e. The molecule has 1 aromatic carbocycles. The fourth-order valence-electron chi connectivity index (χ4n) is 5.19. The van der Waals surface area contributed by atoms with Crippen LogP contribution in [0.25, 0.3) is 33.6 Å². The molecule has 10 nitrogen and oxygen atoms in total. The van der Waals surface area contributed by atoms with Gasteiger partial charge in [-0.25, -0.2) is 19.3 Å². The highest BCUT2D eigenvalue weighted by Gasteiger charge is 2.29. The van der Waals surface area contributed by atoms with Gasteiger partial charge in [-0.15, -0.1) is 0 Å². The van der Waals surface area contributed by atoms with Crippen molar-refractivity contribution < 1.29 is 18.3 Å². The number of ether oxygens (including phenoxy) is 1. The smallest absolute Gasteiger partial charge is 0.255 e. The number of nitrogens with two attached hydrogens (primary N) is 1. The van der Waals surface area contributed by atoms with Gasteiger partial charge in [-0.1, -0.05) is 12.1 Å². The number of oxazole rings is 1. The molecule has 5 aromatic rings. The number of aryl methyl sites for hydroxylation is 2. The summed E-state index contributed by atoms with van der Waals surface area (Å²) in [4.78, 5) is 29.0. The van der Waals surface area contributed by atoms with Crippen LogP contribution in [-0.4, -0.2) is 67.8 Å². The van der Waals surface area contributed by atoms with E-state index in [9.17, 15) is 9.18 Å². The van der Waals surface area contributed by atoms with Crippen molar-refractivity contribution in [2.45, 2.75) is 25.9 Å². The van der Waals surface area contributed by atoms with Crippen LogP contribution in [0, 0.1) is 6.92 Å². The second-order valence-corrected chi connectivity index (χ2v) is 9.63. The SMILES string of the molecule is COc1cccc2cc(-c3nc4cc5c(nc4n3C)CCN(C[C@H](N)CF)C5=O)n(Cc3nc(C)co3)c12. The average Bonchev–Trinajstić information content (AvgIpc) is 3.60. The lowest BCUT2D eigenvalue weighted by Crippen LogP contribution is -2.45. The van der Waals surface area contributed by atoms with E-state index in [1.54, 1.807) is 24.3 Å². The minimum atomic E-state index is -0.704. The van der Waals surface area contributed by atoms with Gasteiger partial charge in [-0.2, -0.15) is 0 Å². The standard InChI is InChI=1S/C27H28FN7O3/c1-15-14-38-23(30-15)13-35-21(9-16-5-4-6-22(37-3)24(16)35)26-32-20-10-18-19(31-25(20)33(26)2)7-8-34(27(18)36)12-17(29)11-28/h4-6,9-10,14,17H,7-8,11-13,29H2,1-3H3/t17-/m1/s1. The summed E-state index contributed by atoms with van der Waals surface area (Å²) in [6.45, 7) is 2.20. The third-order valence-corrected chi connectivity index (χ3v) is 7.01. The summed E-state index contributed by atoms with van der Waals surface area (Å²) >= 11 is 0. The van der Waals surface area contributed by atoms with E-state index in [2.05, 4.69) is 15.6 Å². The lowest BCUT2D eigenvalue weighted by atomic mass is 10.0. The fourth-order valence-corrected chi connectivity index (χ4v) is 5.19. The summed E-state index contributed by atoms with van der Waals surface area (Å²) in [6, 6.07) is 9.02. The number of para-hydroxylation sites is 1. The molecule has 6 rings (SSSR count). The molecule has 1 aliphatic rings. The number of alkyl halides is 1. The van der Waals surface area contributed by atoms with Crippen molar-refractivity contribution in [2.24, 2.45) is 12.8 Å². The van der Waals surface area contributed by atoms with Crippen molar-refractivity contribution in [2.75, 3.05) is 26.9 Å². The van der Waals surface area contributed by atoms with Gasteiger partial charge in [0.05, 0.1) is 47.9 Å². The topological polar surface area (TPSA) is 117 Å². The molecule has 1 aliphatic heterocycles. The van der Waals surface area contributed by atoms with E-state index < -0.39 is 12.7 Å². The molecule has 0 aliphatic carbocycles. The van der Waals surface area contributed by atoms with Gasteiger partial charge in [0, 0.05) is 31.9 Å². The number of methoxy groups -OCH3 is 1. The number of carbonyl (C=O) groups is 1. The number of benzene rings is 1. The summed E-state index contributed by atoms with van der Waals surface area (Å²) in [5, 5.41) is 0.983. The quantitative estimate of drug-likeness (QED) is 0.352. The van der Waals surface area contributed by atoms with Gasteiger partial charge in [-0.05, 0) is 25.1 Å². The Labute approximate surface area is 217 Å². The van der Waals surface area contributed by atoms with Crippen molar-refractivity contribution in [3.8, 4) is 17.3 Å². The Morgan fingerprint density at radius 3 is 2.82 bits per heavy atom. The maximum absolute atomic E-state index is 13.2. The predicted octanol–water partition coefficient (Wildman–Crippen LogP) is 3.24. The third kappa shape index (κ3) is 3.90. The highest BCUT2D eigenvalue weighted by molar-refractivity contribution is 5.99. The summed E-state index contributed by atoms with van der Waals surface area (Å²) in [6.07, 6.45) is 2.19. The number of hydrogen-bond donors (Lipinski definition) is 1. The van der Waals surface area contributed by atoms with Crippen LogP contribution < -0.4 is 10.5 Å². The van der Waals surface area contributed by atoms with E-state index in [1.165, 1.54) is 0 Å². The number of fused-ring (bicyclic) bond motifs is 3.